The van der Waals surface area contributed by atoms with Crippen LogP contribution in [0.1, 0.15) is 65.1 Å². The number of hydrogen-bond donors (Lipinski definition) is 1. The largest absolute Gasteiger partial charge is 0.486 e. The summed E-state index contributed by atoms with van der Waals surface area (Å²) < 4.78 is 6.69. The Bertz CT molecular complexity index is 1890. The van der Waals surface area contributed by atoms with Crippen molar-refractivity contribution in [1.82, 2.24) is 5.32 Å². The summed E-state index contributed by atoms with van der Waals surface area (Å²) in [6.45, 7) is 6.59. The first-order valence-electron chi connectivity index (χ1n) is 15.1. The van der Waals surface area contributed by atoms with Gasteiger partial charge in [-0.05, 0) is 76.9 Å². The Kier molecular flexibility index (Phi) is 7.12. The monoisotopic (exact) mass is 561 g/mol. The molecule has 0 aromatic heterocycles. The highest BCUT2D eigenvalue weighted by atomic mass is 16.5. The number of nitrogens with zero attached hydrogens (tertiary/aromatic N) is 2. The van der Waals surface area contributed by atoms with Crippen molar-refractivity contribution >= 4 is 28.5 Å². The van der Waals surface area contributed by atoms with Crippen molar-refractivity contribution in [2.24, 2.45) is 15.9 Å². The smallest absolute Gasteiger partial charge is 0.159 e. The molecule has 1 aliphatic heterocycles. The van der Waals surface area contributed by atoms with Crippen LogP contribution < -0.4 is 10.1 Å². The lowest BCUT2D eigenvalue weighted by Crippen LogP contribution is -2.33. The van der Waals surface area contributed by atoms with Crippen LogP contribution in [0.4, 0.5) is 0 Å². The van der Waals surface area contributed by atoms with Crippen molar-refractivity contribution in [2.45, 2.75) is 39.5 Å². The minimum absolute atomic E-state index is 0.0614. The Hall–Kier alpha value is -4.96. The molecule has 0 radical (unpaired) electrons. The number of fused-ring (bicyclic) bond motifs is 2. The van der Waals surface area contributed by atoms with Crippen molar-refractivity contribution < 1.29 is 4.74 Å². The van der Waals surface area contributed by atoms with E-state index >= 15 is 0 Å². The molecular formula is C39H35N3O. The number of ether oxygens (including phenoxy) is 1. The molecule has 7 rings (SSSR count). The molecule has 2 aliphatic rings. The van der Waals surface area contributed by atoms with Crippen LogP contribution in [0, 0.1) is 12.8 Å². The lowest BCUT2D eigenvalue weighted by molar-refractivity contribution is 0.224. The second-order valence-electron chi connectivity index (χ2n) is 11.6. The maximum absolute atomic E-state index is 6.69. The molecule has 0 spiro atoms. The summed E-state index contributed by atoms with van der Waals surface area (Å²) in [6, 6.07) is 37.8. The lowest BCUT2D eigenvalue weighted by atomic mass is 9.86. The van der Waals surface area contributed by atoms with Gasteiger partial charge in [-0.3, -0.25) is 0 Å². The van der Waals surface area contributed by atoms with Gasteiger partial charge in [0.1, 0.15) is 23.9 Å². The third kappa shape index (κ3) is 5.37. The molecule has 0 bridgehead atoms. The first-order valence-corrected chi connectivity index (χ1v) is 15.1. The molecule has 4 nitrogen and oxygen atoms in total. The highest BCUT2D eigenvalue weighted by Gasteiger charge is 2.22. The van der Waals surface area contributed by atoms with Gasteiger partial charge in [0, 0.05) is 11.1 Å². The highest BCUT2D eigenvalue weighted by molar-refractivity contribution is 6.14. The Morgan fingerprint density at radius 3 is 2.42 bits per heavy atom. The molecule has 0 fully saturated rings. The predicted molar refractivity (Wildman–Crippen MR) is 178 cm³/mol. The number of hydrogen-bond acceptors (Lipinski definition) is 4. The minimum Gasteiger partial charge on any atom is -0.486 e. The molecule has 0 saturated carbocycles. The van der Waals surface area contributed by atoms with Crippen LogP contribution in [0.2, 0.25) is 0 Å². The van der Waals surface area contributed by atoms with E-state index in [0.29, 0.717) is 5.92 Å². The standard InChI is InChI=1S/C39H35N3O/c1-25-17-18-28-15-10-16-33(35(28)23-25)27(3)43-36-22-21-29-19-20-32(24-34(29)26(36)2)39-41-37(30-11-6-4-7-12-30)40-38(42-39)31-13-8-5-9-14-31/h4-22,24-25,27,37H,23H2,1-3H3,(H,40,41,42). The van der Waals surface area contributed by atoms with Crippen molar-refractivity contribution in [3.8, 4) is 5.75 Å². The quantitative estimate of drug-likeness (QED) is 0.225. The van der Waals surface area contributed by atoms with Gasteiger partial charge in [-0.15, -0.1) is 0 Å². The van der Waals surface area contributed by atoms with Crippen LogP contribution >= 0.6 is 0 Å². The van der Waals surface area contributed by atoms with Gasteiger partial charge in [0.15, 0.2) is 5.84 Å². The van der Waals surface area contributed by atoms with Gasteiger partial charge in [0.05, 0.1) is 0 Å². The van der Waals surface area contributed by atoms with Gasteiger partial charge < -0.3 is 10.1 Å². The van der Waals surface area contributed by atoms with Crippen molar-refractivity contribution in [3.63, 3.8) is 0 Å². The molecule has 4 heteroatoms. The number of aryl methyl sites for hydroxylation is 1. The van der Waals surface area contributed by atoms with Crippen molar-refractivity contribution in [1.29, 1.82) is 0 Å². The van der Waals surface area contributed by atoms with E-state index < -0.39 is 0 Å². The van der Waals surface area contributed by atoms with Crippen LogP contribution in [0.5, 0.6) is 5.75 Å². The Balaban J connectivity index is 1.23. The zero-order valence-electron chi connectivity index (χ0n) is 24.8. The van der Waals surface area contributed by atoms with Crippen molar-refractivity contribution in [3.05, 3.63) is 154 Å². The summed E-state index contributed by atoms with van der Waals surface area (Å²) in [5, 5.41) is 5.92. The summed E-state index contributed by atoms with van der Waals surface area (Å²) in [6.07, 6.45) is 5.30. The Morgan fingerprint density at radius 1 is 0.837 bits per heavy atom. The molecule has 3 atom stereocenters. The number of amidine groups is 2. The normalized spacial score (nSPS) is 18.3. The van der Waals surface area contributed by atoms with Gasteiger partial charge in [-0.2, -0.15) is 0 Å². The third-order valence-corrected chi connectivity index (χ3v) is 8.53. The molecule has 1 N–H and O–H groups in total. The highest BCUT2D eigenvalue weighted by Crippen LogP contribution is 2.35. The van der Waals surface area contributed by atoms with E-state index in [1.807, 2.05) is 36.4 Å². The maximum atomic E-state index is 6.69. The summed E-state index contributed by atoms with van der Waals surface area (Å²) in [5.41, 5.74) is 8.20. The van der Waals surface area contributed by atoms with Gasteiger partial charge in [-0.25, -0.2) is 9.98 Å². The second-order valence-corrected chi connectivity index (χ2v) is 11.6. The third-order valence-electron chi connectivity index (χ3n) is 8.53. The number of benzene rings is 5. The van der Waals surface area contributed by atoms with E-state index in [2.05, 4.69) is 111 Å². The lowest BCUT2D eigenvalue weighted by Gasteiger charge is -2.25. The van der Waals surface area contributed by atoms with Crippen LogP contribution in [0.25, 0.3) is 16.8 Å². The molecule has 3 unspecified atom stereocenters. The first kappa shape index (κ1) is 26.9. The summed E-state index contributed by atoms with van der Waals surface area (Å²) in [7, 11) is 0. The minimum atomic E-state index is -0.231. The van der Waals surface area contributed by atoms with E-state index in [0.717, 1.165) is 51.5 Å². The fourth-order valence-corrected chi connectivity index (χ4v) is 6.15. The number of aliphatic imine (C=N–C) groups is 2. The average molecular weight is 562 g/mol. The predicted octanol–water partition coefficient (Wildman–Crippen LogP) is 8.99. The molecule has 212 valence electrons. The molecule has 1 aliphatic carbocycles. The zero-order chi connectivity index (χ0) is 29.3. The molecule has 0 saturated heterocycles. The fraction of sp³-hybridized carbons (Fsp3) is 0.179. The average Bonchev–Trinajstić information content (AvgIpc) is 3.06. The molecule has 5 aromatic rings. The molecular weight excluding hydrogens is 526 g/mol. The van der Waals surface area contributed by atoms with Crippen LogP contribution in [-0.4, -0.2) is 11.7 Å². The first-order chi connectivity index (χ1) is 21.0. The fourth-order valence-electron chi connectivity index (χ4n) is 6.15. The Morgan fingerprint density at radius 2 is 1.60 bits per heavy atom. The Labute approximate surface area is 253 Å². The summed E-state index contributed by atoms with van der Waals surface area (Å²) in [5.74, 6) is 2.97. The van der Waals surface area contributed by atoms with Crippen LogP contribution in [0.15, 0.2) is 125 Å². The molecule has 5 aromatic carbocycles. The van der Waals surface area contributed by atoms with Crippen molar-refractivity contribution in [2.75, 3.05) is 0 Å². The van der Waals surface area contributed by atoms with Crippen LogP contribution in [0.3, 0.4) is 0 Å². The summed E-state index contributed by atoms with van der Waals surface area (Å²) in [4.78, 5) is 9.99. The van der Waals surface area contributed by atoms with E-state index in [-0.39, 0.29) is 12.3 Å². The van der Waals surface area contributed by atoms with E-state index in [4.69, 9.17) is 14.7 Å². The van der Waals surface area contributed by atoms with E-state index in [1.165, 1.54) is 22.1 Å². The molecule has 0 amide bonds. The van der Waals surface area contributed by atoms with E-state index in [1.54, 1.807) is 0 Å². The topological polar surface area (TPSA) is 46.0 Å². The van der Waals surface area contributed by atoms with E-state index in [9.17, 15) is 0 Å². The zero-order valence-corrected chi connectivity index (χ0v) is 24.8. The molecule has 1 heterocycles. The van der Waals surface area contributed by atoms with Gasteiger partial charge >= 0.3 is 0 Å². The number of allylic oxidation sites excluding steroid dienone is 1. The van der Waals surface area contributed by atoms with Gasteiger partial charge in [0.25, 0.3) is 0 Å². The summed E-state index contributed by atoms with van der Waals surface area (Å²) >= 11 is 0. The second kappa shape index (κ2) is 11.4. The number of rotatable bonds is 6. The SMILES string of the molecule is Cc1c(OC(C)c2cccc3c2CC(C)C=C3)ccc2ccc(C3=NC(c4ccccc4)=NC(c4ccccc4)N3)cc12. The maximum Gasteiger partial charge on any atom is 0.159 e. The number of nitrogens with one attached hydrogen (secondary N) is 1. The van der Waals surface area contributed by atoms with Gasteiger partial charge in [0.2, 0.25) is 0 Å². The van der Waals surface area contributed by atoms with Gasteiger partial charge in [-0.1, -0.05) is 116 Å². The van der Waals surface area contributed by atoms with Crippen LogP contribution in [-0.2, 0) is 6.42 Å². The molecule has 43 heavy (non-hydrogen) atoms.